The van der Waals surface area contributed by atoms with Crippen molar-refractivity contribution in [3.05, 3.63) is 94.8 Å². The Labute approximate surface area is 162 Å². The number of hydrogen-bond acceptors (Lipinski definition) is 4. The zero-order valence-electron chi connectivity index (χ0n) is 15.3. The summed E-state index contributed by atoms with van der Waals surface area (Å²) in [5, 5.41) is 14.5. The molecule has 2 N–H and O–H groups in total. The Hall–Kier alpha value is -3.98. The fourth-order valence-electron chi connectivity index (χ4n) is 2.54. The Morgan fingerprint density at radius 1 is 1.04 bits per heavy atom. The SMILES string of the molecule is Cc1ccc(CNC(=O)c2cc(C(=O)Nc3cccc(C#N)c3)ccn2)cc1. The van der Waals surface area contributed by atoms with Gasteiger partial charge in [-0.05, 0) is 42.8 Å². The number of nitriles is 1. The largest absolute Gasteiger partial charge is 0.347 e. The number of aryl methyl sites for hydroxylation is 1. The number of nitrogens with one attached hydrogen (secondary N) is 2. The molecule has 6 nitrogen and oxygen atoms in total. The molecule has 3 aromatic rings. The summed E-state index contributed by atoms with van der Waals surface area (Å²) in [7, 11) is 0. The third-order valence-corrected chi connectivity index (χ3v) is 4.08. The Morgan fingerprint density at radius 3 is 2.57 bits per heavy atom. The second kappa shape index (κ2) is 8.60. The van der Waals surface area contributed by atoms with E-state index in [0.29, 0.717) is 23.4 Å². The molecule has 0 fully saturated rings. The Bertz CT molecular complexity index is 1050. The molecule has 3 rings (SSSR count). The lowest BCUT2D eigenvalue weighted by Crippen LogP contribution is -2.24. The highest BCUT2D eigenvalue weighted by molar-refractivity contribution is 6.05. The predicted molar refractivity (Wildman–Crippen MR) is 106 cm³/mol. The highest BCUT2D eigenvalue weighted by Crippen LogP contribution is 2.12. The lowest BCUT2D eigenvalue weighted by molar-refractivity contribution is 0.0946. The van der Waals surface area contributed by atoms with E-state index >= 15 is 0 Å². The average molecular weight is 370 g/mol. The van der Waals surface area contributed by atoms with Crippen molar-refractivity contribution in [3.63, 3.8) is 0 Å². The fraction of sp³-hybridized carbons (Fsp3) is 0.0909. The first-order valence-electron chi connectivity index (χ1n) is 8.66. The summed E-state index contributed by atoms with van der Waals surface area (Å²) in [6.45, 7) is 2.37. The molecule has 0 aliphatic carbocycles. The van der Waals surface area contributed by atoms with Crippen LogP contribution >= 0.6 is 0 Å². The van der Waals surface area contributed by atoms with Crippen molar-refractivity contribution in [2.45, 2.75) is 13.5 Å². The number of rotatable bonds is 5. The molecule has 138 valence electrons. The van der Waals surface area contributed by atoms with E-state index in [2.05, 4.69) is 15.6 Å². The minimum atomic E-state index is -0.384. The predicted octanol–water partition coefficient (Wildman–Crippen LogP) is 3.44. The van der Waals surface area contributed by atoms with E-state index in [1.807, 2.05) is 37.3 Å². The summed E-state index contributed by atoms with van der Waals surface area (Å²) in [4.78, 5) is 28.9. The van der Waals surface area contributed by atoms with Crippen molar-refractivity contribution < 1.29 is 9.59 Å². The van der Waals surface area contributed by atoms with Gasteiger partial charge in [0.05, 0.1) is 11.6 Å². The van der Waals surface area contributed by atoms with Crippen LogP contribution in [0.15, 0.2) is 66.9 Å². The summed E-state index contributed by atoms with van der Waals surface area (Å²) in [6.07, 6.45) is 1.42. The van der Waals surface area contributed by atoms with Gasteiger partial charge in [-0.15, -0.1) is 0 Å². The minimum absolute atomic E-state index is 0.158. The van der Waals surface area contributed by atoms with Gasteiger partial charge in [0.2, 0.25) is 0 Å². The molecule has 0 aliphatic heterocycles. The molecule has 28 heavy (non-hydrogen) atoms. The number of pyridine rings is 1. The van der Waals surface area contributed by atoms with Crippen LogP contribution in [0.4, 0.5) is 5.69 Å². The van der Waals surface area contributed by atoms with E-state index in [0.717, 1.165) is 11.1 Å². The zero-order valence-corrected chi connectivity index (χ0v) is 15.3. The van der Waals surface area contributed by atoms with Gasteiger partial charge >= 0.3 is 0 Å². The van der Waals surface area contributed by atoms with Crippen LogP contribution in [0.2, 0.25) is 0 Å². The van der Waals surface area contributed by atoms with Crippen molar-refractivity contribution in [2.24, 2.45) is 0 Å². The van der Waals surface area contributed by atoms with Crippen molar-refractivity contribution >= 4 is 17.5 Å². The maximum Gasteiger partial charge on any atom is 0.270 e. The first-order valence-corrected chi connectivity index (χ1v) is 8.66. The van der Waals surface area contributed by atoms with Gasteiger partial charge in [0, 0.05) is 24.0 Å². The number of carbonyl (C=O) groups excluding carboxylic acids is 2. The Morgan fingerprint density at radius 2 is 1.82 bits per heavy atom. The van der Waals surface area contributed by atoms with Crippen molar-refractivity contribution in [1.82, 2.24) is 10.3 Å². The van der Waals surface area contributed by atoms with Crippen LogP contribution in [0.3, 0.4) is 0 Å². The van der Waals surface area contributed by atoms with Crippen LogP contribution in [-0.2, 0) is 6.54 Å². The second-order valence-electron chi connectivity index (χ2n) is 6.24. The molecule has 1 heterocycles. The minimum Gasteiger partial charge on any atom is -0.347 e. The van der Waals surface area contributed by atoms with Crippen LogP contribution < -0.4 is 10.6 Å². The van der Waals surface area contributed by atoms with Crippen LogP contribution in [0, 0.1) is 18.3 Å². The molecule has 2 aromatic carbocycles. The summed E-state index contributed by atoms with van der Waals surface area (Å²) >= 11 is 0. The summed E-state index contributed by atoms with van der Waals surface area (Å²) < 4.78 is 0. The lowest BCUT2D eigenvalue weighted by Gasteiger charge is -2.08. The highest BCUT2D eigenvalue weighted by atomic mass is 16.2. The van der Waals surface area contributed by atoms with Gasteiger partial charge in [0.15, 0.2) is 0 Å². The first-order chi connectivity index (χ1) is 13.5. The molecular formula is C22H18N4O2. The maximum absolute atomic E-state index is 12.4. The summed E-state index contributed by atoms with van der Waals surface area (Å²) in [5.74, 6) is -0.744. The van der Waals surface area contributed by atoms with Crippen molar-refractivity contribution in [3.8, 4) is 6.07 Å². The molecule has 2 amide bonds. The molecule has 1 aromatic heterocycles. The standard InChI is InChI=1S/C22H18N4O2/c1-15-5-7-16(8-6-15)14-25-22(28)20-12-18(9-10-24-20)21(27)26-19-4-2-3-17(11-19)13-23/h2-12H,14H2,1H3,(H,25,28)(H,26,27). The molecule has 6 heteroatoms. The van der Waals surface area contributed by atoms with Crippen LogP contribution in [0.5, 0.6) is 0 Å². The summed E-state index contributed by atoms with van der Waals surface area (Å²) in [5.41, 5.74) is 3.54. The normalized spacial score (nSPS) is 10.0. The smallest absolute Gasteiger partial charge is 0.270 e. The zero-order chi connectivity index (χ0) is 19.9. The van der Waals surface area contributed by atoms with E-state index in [4.69, 9.17) is 5.26 Å². The van der Waals surface area contributed by atoms with Crippen molar-refractivity contribution in [2.75, 3.05) is 5.32 Å². The molecule has 0 saturated carbocycles. The van der Waals surface area contributed by atoms with E-state index in [1.165, 1.54) is 18.3 Å². The van der Waals surface area contributed by atoms with E-state index < -0.39 is 0 Å². The molecular weight excluding hydrogens is 352 g/mol. The number of anilines is 1. The monoisotopic (exact) mass is 370 g/mol. The number of hydrogen-bond donors (Lipinski definition) is 2. The molecule has 0 radical (unpaired) electrons. The number of benzene rings is 2. The van der Waals surface area contributed by atoms with Gasteiger partial charge in [0.1, 0.15) is 5.69 Å². The third kappa shape index (κ3) is 4.80. The highest BCUT2D eigenvalue weighted by Gasteiger charge is 2.12. The number of amides is 2. The maximum atomic E-state index is 12.4. The van der Waals surface area contributed by atoms with Gasteiger partial charge in [-0.1, -0.05) is 35.9 Å². The van der Waals surface area contributed by atoms with E-state index in [1.54, 1.807) is 24.3 Å². The van der Waals surface area contributed by atoms with Gasteiger partial charge in [-0.25, -0.2) is 0 Å². The lowest BCUT2D eigenvalue weighted by atomic mass is 10.1. The molecule has 0 bridgehead atoms. The number of aromatic nitrogens is 1. The average Bonchev–Trinajstić information content (AvgIpc) is 2.73. The second-order valence-corrected chi connectivity index (χ2v) is 6.24. The first kappa shape index (κ1) is 18.8. The van der Waals surface area contributed by atoms with Crippen LogP contribution in [-0.4, -0.2) is 16.8 Å². The summed E-state index contributed by atoms with van der Waals surface area (Å²) in [6, 6.07) is 19.4. The molecule has 0 aliphatic rings. The van der Waals surface area contributed by atoms with Gasteiger partial charge in [0.25, 0.3) is 11.8 Å². The van der Waals surface area contributed by atoms with Gasteiger partial charge in [-0.3, -0.25) is 14.6 Å². The Balaban J connectivity index is 1.66. The third-order valence-electron chi connectivity index (χ3n) is 4.08. The van der Waals surface area contributed by atoms with E-state index in [9.17, 15) is 9.59 Å². The van der Waals surface area contributed by atoms with Gasteiger partial charge in [-0.2, -0.15) is 5.26 Å². The molecule has 0 saturated heterocycles. The Kier molecular flexibility index (Phi) is 5.78. The molecule has 0 unspecified atom stereocenters. The van der Waals surface area contributed by atoms with Crippen LogP contribution in [0.1, 0.15) is 37.5 Å². The van der Waals surface area contributed by atoms with Crippen LogP contribution in [0.25, 0.3) is 0 Å². The van der Waals surface area contributed by atoms with Gasteiger partial charge < -0.3 is 10.6 Å². The quantitative estimate of drug-likeness (QED) is 0.719. The van der Waals surface area contributed by atoms with Crippen molar-refractivity contribution in [1.29, 1.82) is 5.26 Å². The van der Waals surface area contributed by atoms with E-state index in [-0.39, 0.29) is 17.5 Å². The molecule has 0 spiro atoms. The number of carbonyl (C=O) groups is 2. The topological polar surface area (TPSA) is 94.9 Å². The number of nitrogens with zero attached hydrogens (tertiary/aromatic N) is 2. The molecule has 0 atom stereocenters. The fourth-order valence-corrected chi connectivity index (χ4v) is 2.54.